The molecule has 2 N–H and O–H groups in total. The SMILES string of the molecule is COc1c(O)ccc2c1[C@]13CCN(CC4CC4)[C@H](C2)[C@]1(O)CCC(N(C)C(=O)CCc1ccc(C)c(C)c1)C3. The van der Waals surface area contributed by atoms with E-state index in [-0.39, 0.29) is 23.7 Å². The molecule has 1 heterocycles. The summed E-state index contributed by atoms with van der Waals surface area (Å²) < 4.78 is 5.82. The average Bonchev–Trinajstić information content (AvgIpc) is 3.74. The molecule has 4 atom stereocenters. The molecular formula is C33H44N2O4. The molecule has 6 nitrogen and oxygen atoms in total. The van der Waals surface area contributed by atoms with Crippen molar-refractivity contribution in [2.75, 3.05) is 27.2 Å². The molecule has 6 heteroatoms. The number of carbonyl (C=O) groups is 1. The average molecular weight is 533 g/mol. The van der Waals surface area contributed by atoms with Gasteiger partial charge in [-0.05, 0) is 106 Å². The van der Waals surface area contributed by atoms with Gasteiger partial charge in [-0.1, -0.05) is 24.3 Å². The number of carbonyl (C=O) groups excluding carboxylic acids is 1. The lowest BCUT2D eigenvalue weighted by Crippen LogP contribution is -2.74. The minimum absolute atomic E-state index is 0.0335. The lowest BCUT2D eigenvalue weighted by molar-refractivity contribution is -0.178. The number of hydrogen-bond donors (Lipinski definition) is 2. The van der Waals surface area contributed by atoms with Crippen LogP contribution in [-0.4, -0.2) is 70.9 Å². The minimum Gasteiger partial charge on any atom is -0.504 e. The van der Waals surface area contributed by atoms with E-state index in [2.05, 4.69) is 36.9 Å². The van der Waals surface area contributed by atoms with Crippen LogP contribution in [0.4, 0.5) is 0 Å². The van der Waals surface area contributed by atoms with Gasteiger partial charge in [-0.25, -0.2) is 0 Å². The molecule has 210 valence electrons. The van der Waals surface area contributed by atoms with Gasteiger partial charge in [0.05, 0.1) is 12.7 Å². The molecule has 2 bridgehead atoms. The summed E-state index contributed by atoms with van der Waals surface area (Å²) in [7, 11) is 3.56. The third kappa shape index (κ3) is 4.35. The Kier molecular flexibility index (Phi) is 6.70. The van der Waals surface area contributed by atoms with Crippen molar-refractivity contribution < 1.29 is 19.7 Å². The van der Waals surface area contributed by atoms with Crippen LogP contribution in [0, 0.1) is 19.8 Å². The standard InChI is InChI=1S/C33H44N2O4/c1-21-5-6-23(17-22(21)2)9-12-29(37)34(3)26-13-14-33(38)28-18-25-10-11-27(36)31(39-4)30(25)32(33,19-26)15-16-35(28)20-24-7-8-24/h5-6,10-11,17,24,26,28,36,38H,7-9,12-16,18-20H2,1-4H3/t26?,28-,32-,33-/m1/s1. The first-order chi connectivity index (χ1) is 18.7. The first kappa shape index (κ1) is 26.6. The Morgan fingerprint density at radius 2 is 1.92 bits per heavy atom. The van der Waals surface area contributed by atoms with E-state index in [1.165, 1.54) is 35.1 Å². The lowest BCUT2D eigenvalue weighted by Gasteiger charge is -2.65. The number of amides is 1. The summed E-state index contributed by atoms with van der Waals surface area (Å²) in [5.41, 5.74) is 4.42. The number of methoxy groups -OCH3 is 1. The van der Waals surface area contributed by atoms with Gasteiger partial charge in [-0.15, -0.1) is 0 Å². The van der Waals surface area contributed by atoms with E-state index >= 15 is 0 Å². The van der Waals surface area contributed by atoms with Crippen molar-refractivity contribution in [1.29, 1.82) is 0 Å². The molecule has 4 aliphatic rings. The Morgan fingerprint density at radius 3 is 2.64 bits per heavy atom. The summed E-state index contributed by atoms with van der Waals surface area (Å²) >= 11 is 0. The molecule has 3 fully saturated rings. The number of fused-ring (bicyclic) bond motifs is 1. The zero-order chi connectivity index (χ0) is 27.5. The molecule has 1 saturated heterocycles. The molecule has 1 unspecified atom stereocenters. The third-order valence-corrected chi connectivity index (χ3v) is 10.7. The Labute approximate surface area is 233 Å². The second kappa shape index (κ2) is 9.81. The van der Waals surface area contributed by atoms with Crippen LogP contribution in [0.5, 0.6) is 11.5 Å². The largest absolute Gasteiger partial charge is 0.504 e. The van der Waals surface area contributed by atoms with Crippen molar-refractivity contribution in [2.24, 2.45) is 5.92 Å². The number of benzene rings is 2. The highest BCUT2D eigenvalue weighted by Crippen LogP contribution is 2.61. The van der Waals surface area contributed by atoms with E-state index in [9.17, 15) is 15.0 Å². The van der Waals surface area contributed by atoms with Crippen molar-refractivity contribution in [3.05, 3.63) is 58.1 Å². The van der Waals surface area contributed by atoms with Crippen LogP contribution in [0.2, 0.25) is 0 Å². The summed E-state index contributed by atoms with van der Waals surface area (Å²) in [6, 6.07) is 10.3. The normalized spacial score (nSPS) is 29.9. The Balaban J connectivity index is 1.29. The number of hydrogen-bond acceptors (Lipinski definition) is 5. The number of rotatable bonds is 7. The molecule has 1 aliphatic heterocycles. The van der Waals surface area contributed by atoms with Gasteiger partial charge in [0.15, 0.2) is 11.5 Å². The van der Waals surface area contributed by atoms with Crippen LogP contribution in [0.15, 0.2) is 30.3 Å². The topological polar surface area (TPSA) is 73.2 Å². The van der Waals surface area contributed by atoms with Gasteiger partial charge >= 0.3 is 0 Å². The second-order valence-electron chi connectivity index (χ2n) is 12.9. The van der Waals surface area contributed by atoms with Crippen LogP contribution in [0.3, 0.4) is 0 Å². The fourth-order valence-electron chi connectivity index (χ4n) is 8.14. The number of ether oxygens (including phenoxy) is 1. The highest BCUT2D eigenvalue weighted by molar-refractivity contribution is 5.76. The molecule has 39 heavy (non-hydrogen) atoms. The maximum atomic E-state index is 13.5. The molecule has 6 rings (SSSR count). The number of likely N-dealkylation sites (tertiary alicyclic amines) is 1. The summed E-state index contributed by atoms with van der Waals surface area (Å²) in [6.07, 6.45) is 7.50. The van der Waals surface area contributed by atoms with Gasteiger partial charge in [-0.3, -0.25) is 9.69 Å². The molecule has 2 aromatic rings. The van der Waals surface area contributed by atoms with Crippen molar-refractivity contribution in [3.8, 4) is 11.5 Å². The van der Waals surface area contributed by atoms with Crippen LogP contribution in [0.1, 0.15) is 72.8 Å². The molecule has 1 amide bonds. The number of phenolic OH excluding ortho intramolecular Hbond substituents is 1. The molecular weight excluding hydrogens is 488 g/mol. The highest BCUT2D eigenvalue weighted by atomic mass is 16.5. The molecule has 3 aliphatic carbocycles. The van der Waals surface area contributed by atoms with E-state index in [0.29, 0.717) is 25.0 Å². The summed E-state index contributed by atoms with van der Waals surface area (Å²) in [4.78, 5) is 18.0. The van der Waals surface area contributed by atoms with Crippen LogP contribution < -0.4 is 4.74 Å². The quantitative estimate of drug-likeness (QED) is 0.542. The smallest absolute Gasteiger partial charge is 0.222 e. The predicted octanol–water partition coefficient (Wildman–Crippen LogP) is 4.67. The Hall–Kier alpha value is -2.57. The molecule has 0 spiro atoms. The van der Waals surface area contributed by atoms with Gasteiger partial charge in [0.25, 0.3) is 0 Å². The number of aliphatic hydroxyl groups is 1. The minimum atomic E-state index is -0.909. The van der Waals surface area contributed by atoms with E-state index in [0.717, 1.165) is 50.3 Å². The van der Waals surface area contributed by atoms with E-state index in [4.69, 9.17) is 4.74 Å². The summed E-state index contributed by atoms with van der Waals surface area (Å²) in [6.45, 7) is 6.22. The first-order valence-electron chi connectivity index (χ1n) is 14.8. The number of aromatic hydroxyl groups is 1. The van der Waals surface area contributed by atoms with Crippen molar-refractivity contribution in [3.63, 3.8) is 0 Å². The number of nitrogens with zero attached hydrogens (tertiary/aromatic N) is 2. The maximum absolute atomic E-state index is 13.5. The molecule has 0 aromatic heterocycles. The zero-order valence-corrected chi connectivity index (χ0v) is 24.0. The highest BCUT2D eigenvalue weighted by Gasteiger charge is 2.66. The van der Waals surface area contributed by atoms with Crippen LogP contribution >= 0.6 is 0 Å². The second-order valence-corrected chi connectivity index (χ2v) is 12.9. The third-order valence-electron chi connectivity index (χ3n) is 10.7. The van der Waals surface area contributed by atoms with Gasteiger partial charge in [0.1, 0.15) is 0 Å². The molecule has 2 aromatic carbocycles. The Bertz CT molecular complexity index is 1270. The number of piperidine rings is 1. The first-order valence-corrected chi connectivity index (χ1v) is 14.8. The summed E-state index contributed by atoms with van der Waals surface area (Å²) in [5.74, 6) is 1.55. The zero-order valence-electron chi connectivity index (χ0n) is 24.0. The lowest BCUT2D eigenvalue weighted by atomic mass is 9.48. The number of aryl methyl sites for hydroxylation is 3. The van der Waals surface area contributed by atoms with E-state index in [1.807, 2.05) is 18.0 Å². The van der Waals surface area contributed by atoms with Crippen molar-refractivity contribution in [2.45, 2.75) is 94.7 Å². The van der Waals surface area contributed by atoms with Gasteiger partial charge in [0, 0.05) is 43.1 Å². The van der Waals surface area contributed by atoms with E-state index < -0.39 is 11.0 Å². The van der Waals surface area contributed by atoms with Gasteiger partial charge < -0.3 is 19.8 Å². The van der Waals surface area contributed by atoms with Crippen LogP contribution in [0.25, 0.3) is 0 Å². The van der Waals surface area contributed by atoms with Gasteiger partial charge in [-0.2, -0.15) is 0 Å². The molecule has 2 saturated carbocycles. The maximum Gasteiger partial charge on any atom is 0.222 e. The van der Waals surface area contributed by atoms with Crippen molar-refractivity contribution in [1.82, 2.24) is 9.80 Å². The molecule has 0 radical (unpaired) electrons. The summed E-state index contributed by atoms with van der Waals surface area (Å²) in [5, 5.41) is 23.5. The Morgan fingerprint density at radius 1 is 1.13 bits per heavy atom. The monoisotopic (exact) mass is 532 g/mol. The number of phenols is 1. The van der Waals surface area contributed by atoms with Gasteiger partial charge in [0.2, 0.25) is 5.91 Å². The fourth-order valence-corrected chi connectivity index (χ4v) is 8.14. The van der Waals surface area contributed by atoms with Crippen molar-refractivity contribution >= 4 is 5.91 Å². The predicted molar refractivity (Wildman–Crippen MR) is 152 cm³/mol. The van der Waals surface area contributed by atoms with E-state index in [1.54, 1.807) is 13.2 Å². The fraction of sp³-hybridized carbons (Fsp3) is 0.606. The van der Waals surface area contributed by atoms with Crippen LogP contribution in [-0.2, 0) is 23.1 Å².